The first-order valence-electron chi connectivity index (χ1n) is 5.32. The Hall–Kier alpha value is -1.12. The molecule has 3 N–H and O–H groups in total. The van der Waals surface area contributed by atoms with Crippen LogP contribution in [0.25, 0.3) is 0 Å². The summed E-state index contributed by atoms with van der Waals surface area (Å²) in [5, 5.41) is 2.37. The van der Waals surface area contributed by atoms with Gasteiger partial charge in [-0.05, 0) is 18.2 Å². The van der Waals surface area contributed by atoms with Gasteiger partial charge in [0, 0.05) is 25.4 Å². The summed E-state index contributed by atoms with van der Waals surface area (Å²) >= 11 is -0.184. The summed E-state index contributed by atoms with van der Waals surface area (Å²) in [5.74, 6) is -1.05. The molecule has 1 atom stereocenters. The van der Waals surface area contributed by atoms with E-state index in [-0.39, 0.29) is 36.5 Å². The van der Waals surface area contributed by atoms with Gasteiger partial charge in [-0.3, -0.25) is 4.79 Å². The van der Waals surface area contributed by atoms with Gasteiger partial charge < -0.3 is 16.0 Å². The summed E-state index contributed by atoms with van der Waals surface area (Å²) in [6.45, 7) is 0.556. The van der Waals surface area contributed by atoms with Crippen molar-refractivity contribution in [3.8, 4) is 0 Å². The second kappa shape index (κ2) is 6.17. The molecule has 1 unspecified atom stereocenters. The molecule has 1 rings (SSSR count). The van der Waals surface area contributed by atoms with Gasteiger partial charge in [-0.25, -0.2) is 4.79 Å². The maximum atomic E-state index is 11.8. The number of nitrogens with one attached hydrogen (secondary N) is 1. The van der Waals surface area contributed by atoms with Gasteiger partial charge in [-0.15, -0.1) is 0 Å². The van der Waals surface area contributed by atoms with E-state index >= 15 is 0 Å². The van der Waals surface area contributed by atoms with Crippen LogP contribution in [0.2, 0.25) is 0 Å². The highest BCUT2D eigenvalue weighted by Crippen LogP contribution is 2.29. The molecule has 0 aromatic carbocycles. The fourth-order valence-corrected chi connectivity index (χ4v) is 2.05. The molecule has 18 heavy (non-hydrogen) atoms. The smallest absolute Gasteiger partial charge is 0.369 e. The molecule has 1 fully saturated rings. The highest BCUT2D eigenvalue weighted by Gasteiger charge is 2.30. The van der Waals surface area contributed by atoms with Crippen LogP contribution >= 0.6 is 11.8 Å². The van der Waals surface area contributed by atoms with E-state index in [1.807, 2.05) is 0 Å². The Balaban J connectivity index is 2.20. The summed E-state index contributed by atoms with van der Waals surface area (Å²) in [7, 11) is 0. The van der Waals surface area contributed by atoms with Gasteiger partial charge in [0.25, 0.3) is 0 Å². The maximum Gasteiger partial charge on any atom is 0.441 e. The fourth-order valence-electron chi connectivity index (χ4n) is 1.61. The molecule has 0 aliphatic carbocycles. The predicted molar refractivity (Wildman–Crippen MR) is 60.8 cm³/mol. The van der Waals surface area contributed by atoms with Crippen LogP contribution in [0.3, 0.4) is 0 Å². The van der Waals surface area contributed by atoms with Crippen molar-refractivity contribution in [3.63, 3.8) is 0 Å². The number of nitrogens with two attached hydrogens (primary N) is 1. The largest absolute Gasteiger partial charge is 0.441 e. The molecule has 0 radical (unpaired) electrons. The van der Waals surface area contributed by atoms with Crippen LogP contribution in [0.4, 0.5) is 18.0 Å². The second-order valence-corrected chi connectivity index (χ2v) is 5.02. The molecule has 1 aliphatic rings. The van der Waals surface area contributed by atoms with Crippen molar-refractivity contribution < 1.29 is 22.8 Å². The van der Waals surface area contributed by atoms with Gasteiger partial charge in [0.05, 0.1) is 5.92 Å². The molecule has 0 saturated carbocycles. The maximum absolute atomic E-state index is 11.8. The third-order valence-corrected chi connectivity index (χ3v) is 3.26. The van der Waals surface area contributed by atoms with E-state index in [1.165, 1.54) is 4.90 Å². The number of rotatable bonds is 4. The minimum absolute atomic E-state index is 0.0687. The number of thioether (sulfide) groups is 1. The third kappa shape index (κ3) is 5.03. The van der Waals surface area contributed by atoms with Crippen molar-refractivity contribution >= 4 is 23.7 Å². The Morgan fingerprint density at radius 2 is 2.11 bits per heavy atom. The zero-order valence-electron chi connectivity index (χ0n) is 9.50. The predicted octanol–water partition coefficient (Wildman–Crippen LogP) is 0.756. The lowest BCUT2D eigenvalue weighted by Crippen LogP contribution is -2.40. The Labute approximate surface area is 106 Å². The second-order valence-electron chi connectivity index (χ2n) is 3.86. The number of likely N-dealkylation sites (tertiary alicyclic amines) is 1. The summed E-state index contributed by atoms with van der Waals surface area (Å²) < 4.78 is 35.4. The Morgan fingerprint density at radius 3 is 2.61 bits per heavy atom. The molecule has 1 saturated heterocycles. The normalized spacial score (nSPS) is 19.9. The molecular formula is C9H14F3N3O2S. The Kier molecular flexibility index (Phi) is 5.12. The van der Waals surface area contributed by atoms with E-state index in [2.05, 4.69) is 5.32 Å². The summed E-state index contributed by atoms with van der Waals surface area (Å²) in [4.78, 5) is 23.8. The SMILES string of the molecule is NC(=O)C1CCN(C(=O)NCCSC(F)(F)F)C1. The van der Waals surface area contributed by atoms with E-state index in [1.54, 1.807) is 0 Å². The van der Waals surface area contributed by atoms with Crippen molar-refractivity contribution in [3.05, 3.63) is 0 Å². The monoisotopic (exact) mass is 285 g/mol. The molecule has 3 amide bonds. The average molecular weight is 285 g/mol. The standard InChI is InChI=1S/C9H14F3N3O2S/c10-9(11,12)18-4-2-14-8(17)15-3-1-6(5-15)7(13)16/h6H,1-5H2,(H2,13,16)(H,14,17). The zero-order valence-corrected chi connectivity index (χ0v) is 10.3. The van der Waals surface area contributed by atoms with Crippen molar-refractivity contribution in [2.45, 2.75) is 11.9 Å². The molecule has 0 aromatic rings. The number of carbonyl (C=O) groups is 2. The highest BCUT2D eigenvalue weighted by atomic mass is 32.2. The summed E-state index contributed by atoms with van der Waals surface area (Å²) in [6.07, 6.45) is 0.500. The number of halogens is 3. The Morgan fingerprint density at radius 1 is 1.44 bits per heavy atom. The van der Waals surface area contributed by atoms with E-state index in [4.69, 9.17) is 5.73 Å². The molecule has 0 bridgehead atoms. The summed E-state index contributed by atoms with van der Waals surface area (Å²) in [5.41, 5.74) is 0.822. The van der Waals surface area contributed by atoms with E-state index < -0.39 is 17.4 Å². The number of urea groups is 1. The number of hydrogen-bond acceptors (Lipinski definition) is 3. The molecule has 1 aliphatic heterocycles. The van der Waals surface area contributed by atoms with Crippen molar-refractivity contribution in [1.29, 1.82) is 0 Å². The van der Waals surface area contributed by atoms with Crippen molar-refractivity contribution in [2.75, 3.05) is 25.4 Å². The fraction of sp³-hybridized carbons (Fsp3) is 0.778. The minimum Gasteiger partial charge on any atom is -0.369 e. The van der Waals surface area contributed by atoms with Gasteiger partial charge in [0.15, 0.2) is 0 Å². The lowest BCUT2D eigenvalue weighted by atomic mass is 10.1. The van der Waals surface area contributed by atoms with Crippen molar-refractivity contribution in [2.24, 2.45) is 11.7 Å². The number of carbonyl (C=O) groups excluding carboxylic acids is 2. The number of primary amides is 1. The van der Waals surface area contributed by atoms with E-state index in [0.717, 1.165) is 0 Å². The third-order valence-electron chi connectivity index (χ3n) is 2.52. The average Bonchev–Trinajstić information content (AvgIpc) is 2.72. The first kappa shape index (κ1) is 14.9. The molecule has 104 valence electrons. The molecule has 5 nitrogen and oxygen atoms in total. The number of nitrogens with zero attached hydrogens (tertiary/aromatic N) is 1. The number of amides is 3. The van der Waals surface area contributed by atoms with Crippen LogP contribution in [-0.4, -0.2) is 47.7 Å². The molecule has 0 aromatic heterocycles. The first-order valence-corrected chi connectivity index (χ1v) is 6.31. The van der Waals surface area contributed by atoms with Crippen LogP contribution in [0.1, 0.15) is 6.42 Å². The lowest BCUT2D eigenvalue weighted by Gasteiger charge is -2.16. The van der Waals surface area contributed by atoms with Gasteiger partial charge >= 0.3 is 11.5 Å². The minimum atomic E-state index is -4.28. The van der Waals surface area contributed by atoms with Gasteiger partial charge in [-0.1, -0.05) is 0 Å². The number of alkyl halides is 3. The van der Waals surface area contributed by atoms with Crippen molar-refractivity contribution in [1.82, 2.24) is 10.2 Å². The zero-order chi connectivity index (χ0) is 13.8. The van der Waals surface area contributed by atoms with Crippen LogP contribution in [0, 0.1) is 5.92 Å². The van der Waals surface area contributed by atoms with Gasteiger partial charge in [-0.2, -0.15) is 13.2 Å². The lowest BCUT2D eigenvalue weighted by molar-refractivity contribution is -0.121. The summed E-state index contributed by atoms with van der Waals surface area (Å²) in [6, 6.07) is -0.457. The van der Waals surface area contributed by atoms with E-state index in [0.29, 0.717) is 13.0 Å². The quantitative estimate of drug-likeness (QED) is 0.749. The first-order chi connectivity index (χ1) is 8.29. The molecule has 1 heterocycles. The number of hydrogen-bond donors (Lipinski definition) is 2. The molecule has 9 heteroatoms. The van der Waals surface area contributed by atoms with Crippen LogP contribution in [0.5, 0.6) is 0 Å². The molecule has 0 spiro atoms. The Bertz CT molecular complexity index is 325. The van der Waals surface area contributed by atoms with Crippen LogP contribution in [0.15, 0.2) is 0 Å². The molecular weight excluding hydrogens is 271 g/mol. The highest BCUT2D eigenvalue weighted by molar-refractivity contribution is 8.00. The van der Waals surface area contributed by atoms with Gasteiger partial charge in [0.2, 0.25) is 5.91 Å². The van der Waals surface area contributed by atoms with Gasteiger partial charge in [0.1, 0.15) is 0 Å². The topological polar surface area (TPSA) is 75.4 Å². The van der Waals surface area contributed by atoms with E-state index in [9.17, 15) is 22.8 Å². The van der Waals surface area contributed by atoms with Crippen LogP contribution in [-0.2, 0) is 4.79 Å². The van der Waals surface area contributed by atoms with Crippen LogP contribution < -0.4 is 11.1 Å².